The molecular formula is C17H17FO2. The Hall–Kier alpha value is -2.16. The summed E-state index contributed by atoms with van der Waals surface area (Å²) in [5, 5.41) is 9.38. The van der Waals surface area contributed by atoms with Gasteiger partial charge in [-0.2, -0.15) is 0 Å². The van der Waals surface area contributed by atoms with Crippen molar-refractivity contribution in [1.29, 1.82) is 0 Å². The minimum absolute atomic E-state index is 0.361. The molecule has 104 valence electrons. The maximum atomic E-state index is 13.3. The molecule has 0 bridgehead atoms. The van der Waals surface area contributed by atoms with Gasteiger partial charge >= 0.3 is 5.97 Å². The third kappa shape index (κ3) is 3.23. The van der Waals surface area contributed by atoms with E-state index in [1.807, 2.05) is 32.0 Å². The third-order valence-electron chi connectivity index (χ3n) is 3.56. The van der Waals surface area contributed by atoms with E-state index in [-0.39, 0.29) is 0 Å². The molecule has 20 heavy (non-hydrogen) atoms. The number of carbonyl (C=O) groups is 1. The Morgan fingerprint density at radius 1 is 1.15 bits per heavy atom. The van der Waals surface area contributed by atoms with Crippen molar-refractivity contribution in [1.82, 2.24) is 0 Å². The number of aryl methyl sites for hydroxylation is 2. The Labute approximate surface area is 117 Å². The normalized spacial score (nSPS) is 12.2. The van der Waals surface area contributed by atoms with Crippen LogP contribution in [0.3, 0.4) is 0 Å². The molecular weight excluding hydrogens is 255 g/mol. The van der Waals surface area contributed by atoms with Crippen molar-refractivity contribution in [2.75, 3.05) is 0 Å². The third-order valence-corrected chi connectivity index (χ3v) is 3.56. The highest BCUT2D eigenvalue weighted by molar-refractivity contribution is 5.76. The number of halogens is 1. The fraction of sp³-hybridized carbons (Fsp3) is 0.235. The molecule has 0 aliphatic heterocycles. The number of rotatable bonds is 4. The summed E-state index contributed by atoms with van der Waals surface area (Å²) in [6.45, 7) is 4.01. The average molecular weight is 272 g/mol. The number of hydrogen-bond acceptors (Lipinski definition) is 1. The molecule has 0 aliphatic rings. The molecule has 0 radical (unpaired) electrons. The molecule has 2 aromatic rings. The van der Waals surface area contributed by atoms with Gasteiger partial charge in [0.1, 0.15) is 5.82 Å². The van der Waals surface area contributed by atoms with Crippen LogP contribution in [0.25, 0.3) is 0 Å². The minimum Gasteiger partial charge on any atom is -0.481 e. The summed E-state index contributed by atoms with van der Waals surface area (Å²) >= 11 is 0. The number of carboxylic acids is 1. The van der Waals surface area contributed by atoms with Crippen molar-refractivity contribution >= 4 is 5.97 Å². The predicted molar refractivity (Wildman–Crippen MR) is 76.4 cm³/mol. The summed E-state index contributed by atoms with van der Waals surface area (Å²) in [6, 6.07) is 11.7. The maximum Gasteiger partial charge on any atom is 0.311 e. The zero-order chi connectivity index (χ0) is 14.7. The van der Waals surface area contributed by atoms with Crippen molar-refractivity contribution < 1.29 is 14.3 Å². The lowest BCUT2D eigenvalue weighted by molar-refractivity contribution is -0.138. The van der Waals surface area contributed by atoms with Crippen LogP contribution >= 0.6 is 0 Å². The van der Waals surface area contributed by atoms with Crippen LogP contribution in [0.5, 0.6) is 0 Å². The number of benzene rings is 2. The summed E-state index contributed by atoms with van der Waals surface area (Å²) in [7, 11) is 0. The molecule has 0 fully saturated rings. The van der Waals surface area contributed by atoms with E-state index in [1.54, 1.807) is 12.1 Å². The van der Waals surface area contributed by atoms with Crippen molar-refractivity contribution in [2.24, 2.45) is 0 Å². The molecule has 0 aromatic heterocycles. The Balaban J connectivity index is 2.30. The van der Waals surface area contributed by atoms with Crippen molar-refractivity contribution in [2.45, 2.75) is 26.2 Å². The molecule has 2 rings (SSSR count). The van der Waals surface area contributed by atoms with Gasteiger partial charge in [-0.25, -0.2) is 4.39 Å². The van der Waals surface area contributed by atoms with Gasteiger partial charge in [0.25, 0.3) is 0 Å². The van der Waals surface area contributed by atoms with Crippen LogP contribution in [0.4, 0.5) is 4.39 Å². The summed E-state index contributed by atoms with van der Waals surface area (Å²) in [4.78, 5) is 11.4. The van der Waals surface area contributed by atoms with Gasteiger partial charge in [0.15, 0.2) is 0 Å². The van der Waals surface area contributed by atoms with Crippen LogP contribution in [-0.2, 0) is 11.2 Å². The molecule has 3 heteroatoms. The predicted octanol–water partition coefficient (Wildman–Crippen LogP) is 3.85. The van der Waals surface area contributed by atoms with Gasteiger partial charge in [0.05, 0.1) is 5.92 Å². The van der Waals surface area contributed by atoms with Crippen LogP contribution in [0.15, 0.2) is 42.5 Å². The van der Waals surface area contributed by atoms with E-state index in [9.17, 15) is 14.3 Å². The maximum absolute atomic E-state index is 13.3. The average Bonchev–Trinajstić information content (AvgIpc) is 2.39. The number of aliphatic carboxylic acids is 1. The zero-order valence-electron chi connectivity index (χ0n) is 11.6. The quantitative estimate of drug-likeness (QED) is 0.917. The van der Waals surface area contributed by atoms with Crippen molar-refractivity contribution in [3.05, 3.63) is 70.5 Å². The fourth-order valence-electron chi connectivity index (χ4n) is 2.24. The van der Waals surface area contributed by atoms with Crippen molar-refractivity contribution in [3.8, 4) is 0 Å². The Kier molecular flexibility index (Phi) is 4.18. The van der Waals surface area contributed by atoms with E-state index in [0.29, 0.717) is 12.0 Å². The SMILES string of the molecule is Cc1ccc(CC(C(=O)O)c2cccc(F)c2)cc1C. The van der Waals surface area contributed by atoms with Gasteiger partial charge in [-0.3, -0.25) is 4.79 Å². The Morgan fingerprint density at radius 2 is 1.90 bits per heavy atom. The first-order valence-corrected chi connectivity index (χ1v) is 6.52. The lowest BCUT2D eigenvalue weighted by Crippen LogP contribution is -2.14. The van der Waals surface area contributed by atoms with Gasteiger partial charge in [0.2, 0.25) is 0 Å². The lowest BCUT2D eigenvalue weighted by atomic mass is 9.91. The van der Waals surface area contributed by atoms with Crippen LogP contribution in [-0.4, -0.2) is 11.1 Å². The highest BCUT2D eigenvalue weighted by atomic mass is 19.1. The first-order valence-electron chi connectivity index (χ1n) is 6.52. The van der Waals surface area contributed by atoms with Crippen LogP contribution in [0, 0.1) is 19.7 Å². The zero-order valence-corrected chi connectivity index (χ0v) is 11.6. The topological polar surface area (TPSA) is 37.3 Å². The molecule has 0 saturated carbocycles. The van der Waals surface area contributed by atoms with E-state index >= 15 is 0 Å². The smallest absolute Gasteiger partial charge is 0.311 e. The second kappa shape index (κ2) is 5.87. The van der Waals surface area contributed by atoms with E-state index in [0.717, 1.165) is 11.1 Å². The van der Waals surface area contributed by atoms with Crippen LogP contribution in [0.1, 0.15) is 28.2 Å². The van der Waals surface area contributed by atoms with Gasteiger partial charge in [0, 0.05) is 0 Å². The standard InChI is InChI=1S/C17H17FO2/c1-11-6-7-13(8-12(11)2)9-16(17(19)20)14-4-3-5-15(18)10-14/h3-8,10,16H,9H2,1-2H3,(H,19,20). The van der Waals surface area contributed by atoms with Crippen molar-refractivity contribution in [3.63, 3.8) is 0 Å². The Morgan fingerprint density at radius 3 is 2.50 bits per heavy atom. The molecule has 0 heterocycles. The fourth-order valence-corrected chi connectivity index (χ4v) is 2.24. The summed E-state index contributed by atoms with van der Waals surface area (Å²) < 4.78 is 13.3. The number of hydrogen-bond donors (Lipinski definition) is 1. The molecule has 1 N–H and O–H groups in total. The minimum atomic E-state index is -0.936. The van der Waals surface area contributed by atoms with Gasteiger partial charge < -0.3 is 5.11 Å². The van der Waals surface area contributed by atoms with E-state index in [1.165, 1.54) is 17.7 Å². The van der Waals surface area contributed by atoms with Crippen LogP contribution in [0.2, 0.25) is 0 Å². The highest BCUT2D eigenvalue weighted by Gasteiger charge is 2.20. The second-order valence-electron chi connectivity index (χ2n) is 5.07. The van der Waals surface area contributed by atoms with Gasteiger partial charge in [-0.15, -0.1) is 0 Å². The first-order chi connectivity index (χ1) is 9.47. The van der Waals surface area contributed by atoms with Crippen LogP contribution < -0.4 is 0 Å². The molecule has 2 aromatic carbocycles. The summed E-state index contributed by atoms with van der Waals surface area (Å²) in [5.74, 6) is -2.07. The summed E-state index contributed by atoms with van der Waals surface area (Å²) in [6.07, 6.45) is 0.361. The summed E-state index contributed by atoms with van der Waals surface area (Å²) in [5.41, 5.74) is 3.75. The van der Waals surface area contributed by atoms with Gasteiger partial charge in [-0.1, -0.05) is 30.3 Å². The molecule has 0 aliphatic carbocycles. The van der Waals surface area contributed by atoms with E-state index < -0.39 is 17.7 Å². The molecule has 0 amide bonds. The first kappa shape index (κ1) is 14.3. The monoisotopic (exact) mass is 272 g/mol. The highest BCUT2D eigenvalue weighted by Crippen LogP contribution is 2.23. The Bertz CT molecular complexity index is 635. The molecule has 1 unspecified atom stereocenters. The largest absolute Gasteiger partial charge is 0.481 e. The molecule has 0 saturated heterocycles. The second-order valence-corrected chi connectivity index (χ2v) is 5.07. The van der Waals surface area contributed by atoms with Gasteiger partial charge in [-0.05, 0) is 54.7 Å². The molecule has 2 nitrogen and oxygen atoms in total. The van der Waals surface area contributed by atoms with E-state index in [2.05, 4.69) is 0 Å². The molecule has 1 atom stereocenters. The molecule has 0 spiro atoms. The van der Waals surface area contributed by atoms with E-state index in [4.69, 9.17) is 0 Å². The number of carboxylic acid groups (broad SMARTS) is 1. The lowest BCUT2D eigenvalue weighted by Gasteiger charge is -2.14.